The van der Waals surface area contributed by atoms with E-state index in [1.807, 2.05) is 24.3 Å². The van der Waals surface area contributed by atoms with E-state index in [9.17, 15) is 13.2 Å². The molecule has 1 saturated heterocycles. The van der Waals surface area contributed by atoms with E-state index >= 15 is 0 Å². The number of hydrogen-bond donors (Lipinski definition) is 1. The van der Waals surface area contributed by atoms with Gasteiger partial charge in [0.15, 0.2) is 0 Å². The summed E-state index contributed by atoms with van der Waals surface area (Å²) < 4.78 is 27.0. The van der Waals surface area contributed by atoms with Crippen molar-refractivity contribution in [3.63, 3.8) is 0 Å². The van der Waals surface area contributed by atoms with Crippen LogP contribution in [0, 0.1) is 0 Å². The van der Waals surface area contributed by atoms with Crippen LogP contribution in [0.4, 0.5) is 11.4 Å². The SMILES string of the molecule is CC(=O)Nc1cccc(N2CCN(S(=O)(=O)c3cccc(Cl)c3)CC2)c1. The highest BCUT2D eigenvalue weighted by Gasteiger charge is 2.28. The quantitative estimate of drug-likeness (QED) is 0.867. The fraction of sp³-hybridized carbons (Fsp3) is 0.278. The molecule has 1 fully saturated rings. The van der Waals surface area contributed by atoms with Gasteiger partial charge in [0.2, 0.25) is 15.9 Å². The third kappa shape index (κ3) is 4.17. The highest BCUT2D eigenvalue weighted by atomic mass is 35.5. The smallest absolute Gasteiger partial charge is 0.243 e. The van der Waals surface area contributed by atoms with Crippen molar-refractivity contribution in [1.29, 1.82) is 0 Å². The number of halogens is 1. The Morgan fingerprint density at radius 1 is 1.04 bits per heavy atom. The van der Waals surface area contributed by atoms with Crippen molar-refractivity contribution in [1.82, 2.24) is 4.31 Å². The van der Waals surface area contributed by atoms with Crippen LogP contribution in [0.25, 0.3) is 0 Å². The standard InChI is InChI=1S/C18H20ClN3O3S/c1-14(23)20-16-5-3-6-17(13-16)21-8-10-22(11-9-21)26(24,25)18-7-2-4-15(19)12-18/h2-7,12-13H,8-11H2,1H3,(H,20,23). The number of hydrogen-bond acceptors (Lipinski definition) is 4. The molecule has 0 aliphatic carbocycles. The number of benzene rings is 2. The van der Waals surface area contributed by atoms with Crippen molar-refractivity contribution < 1.29 is 13.2 Å². The molecular weight excluding hydrogens is 374 g/mol. The fourth-order valence-electron chi connectivity index (χ4n) is 2.95. The number of carbonyl (C=O) groups excluding carboxylic acids is 1. The van der Waals surface area contributed by atoms with Crippen LogP contribution in [0.2, 0.25) is 5.02 Å². The molecule has 2 aromatic carbocycles. The van der Waals surface area contributed by atoms with Crippen LogP contribution in [-0.2, 0) is 14.8 Å². The maximum atomic E-state index is 12.8. The van der Waals surface area contributed by atoms with Crippen LogP contribution < -0.4 is 10.2 Å². The average molecular weight is 394 g/mol. The number of sulfonamides is 1. The third-order valence-electron chi connectivity index (χ3n) is 4.20. The highest BCUT2D eigenvalue weighted by molar-refractivity contribution is 7.89. The number of carbonyl (C=O) groups is 1. The molecule has 1 N–H and O–H groups in total. The minimum Gasteiger partial charge on any atom is -0.369 e. The van der Waals surface area contributed by atoms with E-state index in [2.05, 4.69) is 10.2 Å². The Balaban J connectivity index is 1.70. The van der Waals surface area contributed by atoms with Crippen molar-refractivity contribution in [3.05, 3.63) is 53.6 Å². The van der Waals surface area contributed by atoms with Gasteiger partial charge in [-0.15, -0.1) is 0 Å². The second-order valence-electron chi connectivity index (χ2n) is 6.08. The zero-order chi connectivity index (χ0) is 18.7. The Labute approximate surface area is 158 Å². The van der Waals surface area contributed by atoms with Gasteiger partial charge in [-0.05, 0) is 36.4 Å². The van der Waals surface area contributed by atoms with E-state index in [1.54, 1.807) is 18.2 Å². The lowest BCUT2D eigenvalue weighted by molar-refractivity contribution is -0.114. The van der Waals surface area contributed by atoms with Gasteiger partial charge in [-0.1, -0.05) is 23.7 Å². The number of amides is 1. The summed E-state index contributed by atoms with van der Waals surface area (Å²) in [5, 5.41) is 3.16. The van der Waals surface area contributed by atoms with Crippen molar-refractivity contribution in [2.75, 3.05) is 36.4 Å². The van der Waals surface area contributed by atoms with E-state index in [1.165, 1.54) is 17.3 Å². The normalized spacial score (nSPS) is 15.7. The molecule has 1 aliphatic rings. The first kappa shape index (κ1) is 18.7. The molecule has 1 heterocycles. The lowest BCUT2D eigenvalue weighted by atomic mass is 10.2. The maximum Gasteiger partial charge on any atom is 0.243 e. The molecule has 0 atom stereocenters. The molecule has 0 aromatic heterocycles. The van der Waals surface area contributed by atoms with Gasteiger partial charge in [0, 0.05) is 49.5 Å². The summed E-state index contributed by atoms with van der Waals surface area (Å²) in [5.74, 6) is -0.125. The molecule has 26 heavy (non-hydrogen) atoms. The van der Waals surface area contributed by atoms with Gasteiger partial charge >= 0.3 is 0 Å². The Morgan fingerprint density at radius 2 is 1.73 bits per heavy atom. The molecule has 2 aromatic rings. The minimum absolute atomic E-state index is 0.125. The molecule has 1 aliphatic heterocycles. The van der Waals surface area contributed by atoms with Crippen LogP contribution in [0.3, 0.4) is 0 Å². The Morgan fingerprint density at radius 3 is 2.38 bits per heavy atom. The third-order valence-corrected chi connectivity index (χ3v) is 6.33. The summed E-state index contributed by atoms with van der Waals surface area (Å²) in [6.45, 7) is 3.39. The minimum atomic E-state index is -3.55. The summed E-state index contributed by atoms with van der Waals surface area (Å²) in [6.07, 6.45) is 0. The number of anilines is 2. The zero-order valence-corrected chi connectivity index (χ0v) is 15.9. The van der Waals surface area contributed by atoms with Gasteiger partial charge < -0.3 is 10.2 Å². The first-order valence-electron chi connectivity index (χ1n) is 8.24. The van der Waals surface area contributed by atoms with Gasteiger partial charge in [-0.2, -0.15) is 4.31 Å². The number of nitrogens with one attached hydrogen (secondary N) is 1. The summed E-state index contributed by atoms with van der Waals surface area (Å²) >= 11 is 5.92. The monoisotopic (exact) mass is 393 g/mol. The Kier molecular flexibility index (Phi) is 5.50. The Hall–Kier alpha value is -2.09. The molecular formula is C18H20ClN3O3S. The molecule has 0 spiro atoms. The summed E-state index contributed by atoms with van der Waals surface area (Å²) in [5.41, 5.74) is 1.68. The van der Waals surface area contributed by atoms with Gasteiger partial charge in [0.25, 0.3) is 0 Å². The van der Waals surface area contributed by atoms with E-state index in [4.69, 9.17) is 11.6 Å². The first-order chi connectivity index (χ1) is 12.4. The Bertz CT molecular complexity index is 909. The number of piperazine rings is 1. The maximum absolute atomic E-state index is 12.8. The van der Waals surface area contributed by atoms with Crippen LogP contribution in [0.5, 0.6) is 0 Å². The van der Waals surface area contributed by atoms with E-state index in [0.717, 1.165) is 11.4 Å². The summed E-state index contributed by atoms with van der Waals surface area (Å²) in [6, 6.07) is 13.9. The lowest BCUT2D eigenvalue weighted by Crippen LogP contribution is -2.48. The van der Waals surface area contributed by atoms with Crippen LogP contribution in [0.1, 0.15) is 6.92 Å². The number of nitrogens with zero attached hydrogens (tertiary/aromatic N) is 2. The second-order valence-corrected chi connectivity index (χ2v) is 8.45. The van der Waals surface area contributed by atoms with Gasteiger partial charge in [0.05, 0.1) is 4.90 Å². The van der Waals surface area contributed by atoms with Gasteiger partial charge in [-0.25, -0.2) is 8.42 Å². The fourth-order valence-corrected chi connectivity index (χ4v) is 4.67. The topological polar surface area (TPSA) is 69.7 Å². The van der Waals surface area contributed by atoms with Gasteiger partial charge in [-0.3, -0.25) is 4.79 Å². The second kappa shape index (κ2) is 7.65. The van der Waals surface area contributed by atoms with Crippen molar-refractivity contribution in [2.24, 2.45) is 0 Å². The van der Waals surface area contributed by atoms with Crippen molar-refractivity contribution in [3.8, 4) is 0 Å². The molecule has 0 unspecified atom stereocenters. The van der Waals surface area contributed by atoms with Crippen LogP contribution >= 0.6 is 11.6 Å². The van der Waals surface area contributed by atoms with E-state index in [-0.39, 0.29) is 10.8 Å². The first-order valence-corrected chi connectivity index (χ1v) is 10.1. The van der Waals surface area contributed by atoms with E-state index < -0.39 is 10.0 Å². The number of rotatable bonds is 4. The highest BCUT2D eigenvalue weighted by Crippen LogP contribution is 2.24. The molecule has 0 radical (unpaired) electrons. The predicted octanol–water partition coefficient (Wildman–Crippen LogP) is 2.81. The van der Waals surface area contributed by atoms with Gasteiger partial charge in [0.1, 0.15) is 0 Å². The predicted molar refractivity (Wildman–Crippen MR) is 103 cm³/mol. The molecule has 0 bridgehead atoms. The van der Waals surface area contributed by atoms with Crippen LogP contribution in [0.15, 0.2) is 53.4 Å². The molecule has 8 heteroatoms. The molecule has 138 valence electrons. The average Bonchev–Trinajstić information content (AvgIpc) is 2.61. The molecule has 0 saturated carbocycles. The summed E-state index contributed by atoms with van der Waals surface area (Å²) in [7, 11) is -3.55. The van der Waals surface area contributed by atoms with E-state index in [0.29, 0.717) is 31.2 Å². The zero-order valence-electron chi connectivity index (χ0n) is 14.4. The molecule has 1 amide bonds. The lowest BCUT2D eigenvalue weighted by Gasteiger charge is -2.35. The summed E-state index contributed by atoms with van der Waals surface area (Å²) in [4.78, 5) is 13.5. The van der Waals surface area contributed by atoms with Crippen LogP contribution in [-0.4, -0.2) is 44.8 Å². The molecule has 3 rings (SSSR count). The van der Waals surface area contributed by atoms with Crippen molar-refractivity contribution >= 4 is 38.9 Å². The largest absolute Gasteiger partial charge is 0.369 e. The molecule has 6 nitrogen and oxygen atoms in total. The van der Waals surface area contributed by atoms with Crippen molar-refractivity contribution in [2.45, 2.75) is 11.8 Å².